The van der Waals surface area contributed by atoms with Gasteiger partial charge in [-0.15, -0.1) is 0 Å². The summed E-state index contributed by atoms with van der Waals surface area (Å²) in [5.74, 6) is 0. The Labute approximate surface area is 174 Å². The summed E-state index contributed by atoms with van der Waals surface area (Å²) in [6.45, 7) is 6.95. The van der Waals surface area contributed by atoms with Crippen molar-refractivity contribution in [1.29, 1.82) is 0 Å². The van der Waals surface area contributed by atoms with Crippen molar-refractivity contribution in [2.24, 2.45) is 4.99 Å². The van der Waals surface area contributed by atoms with Gasteiger partial charge in [-0.3, -0.25) is 0 Å². The van der Waals surface area contributed by atoms with Crippen molar-refractivity contribution in [1.82, 2.24) is 4.57 Å². The number of hydrogen-bond acceptors (Lipinski definition) is 4. The Balaban J connectivity index is 1.88. The number of nitrogens with zero attached hydrogens (tertiary/aromatic N) is 3. The first-order valence-electron chi connectivity index (χ1n) is 8.95. The number of anilines is 1. The van der Waals surface area contributed by atoms with Gasteiger partial charge in [0.25, 0.3) is 0 Å². The third-order valence-electron chi connectivity index (χ3n) is 4.66. The molecular formula is C21H18F3N3S2. The highest BCUT2D eigenvalue weighted by Gasteiger charge is 2.33. The van der Waals surface area contributed by atoms with Crippen LogP contribution in [-0.2, 0) is 12.7 Å². The minimum Gasteiger partial charge on any atom is -0.337 e. The molecule has 0 atom stereocenters. The van der Waals surface area contributed by atoms with Crippen LogP contribution < -0.4 is 19.6 Å². The van der Waals surface area contributed by atoms with Crippen LogP contribution in [0.5, 0.6) is 0 Å². The third kappa shape index (κ3) is 3.62. The maximum Gasteiger partial charge on any atom is 0.416 e. The summed E-state index contributed by atoms with van der Waals surface area (Å²) >= 11 is 2.84. The van der Waals surface area contributed by atoms with Crippen molar-refractivity contribution in [3.63, 3.8) is 0 Å². The summed E-state index contributed by atoms with van der Waals surface area (Å²) in [6.07, 6.45) is -4.36. The number of aromatic nitrogens is 1. The molecule has 0 bridgehead atoms. The second kappa shape index (κ2) is 7.42. The highest BCUT2D eigenvalue weighted by Crippen LogP contribution is 2.47. The predicted molar refractivity (Wildman–Crippen MR) is 114 cm³/mol. The van der Waals surface area contributed by atoms with E-state index in [2.05, 4.69) is 6.58 Å². The average molecular weight is 434 g/mol. The molecule has 0 N–H and O–H groups in total. The second-order valence-corrected chi connectivity index (χ2v) is 8.51. The number of rotatable bonds is 2. The quantitative estimate of drug-likeness (QED) is 0.592. The first-order chi connectivity index (χ1) is 13.8. The molecule has 150 valence electrons. The van der Waals surface area contributed by atoms with Gasteiger partial charge in [-0.1, -0.05) is 47.9 Å². The third-order valence-corrected chi connectivity index (χ3v) is 7.14. The number of fused-ring (bicyclic) bond motifs is 1. The van der Waals surface area contributed by atoms with Crippen LogP contribution >= 0.6 is 23.1 Å². The number of hydrogen-bond donors (Lipinski definition) is 0. The van der Waals surface area contributed by atoms with Gasteiger partial charge in [0.2, 0.25) is 0 Å². The van der Waals surface area contributed by atoms with Gasteiger partial charge in [-0.2, -0.15) is 13.2 Å². The first-order valence-corrected chi connectivity index (χ1v) is 10.6. The zero-order valence-electron chi connectivity index (χ0n) is 15.8. The monoisotopic (exact) mass is 433 g/mol. The minimum atomic E-state index is -4.36. The van der Waals surface area contributed by atoms with E-state index in [4.69, 9.17) is 4.99 Å². The van der Waals surface area contributed by atoms with Crippen LogP contribution in [0.25, 0.3) is 11.6 Å². The maximum atomic E-state index is 13.1. The molecule has 0 saturated carbocycles. The fourth-order valence-electron chi connectivity index (χ4n) is 3.16. The fraction of sp³-hybridized carbons (Fsp3) is 0.190. The molecule has 29 heavy (non-hydrogen) atoms. The average Bonchev–Trinajstić information content (AvgIpc) is 3.18. The largest absolute Gasteiger partial charge is 0.416 e. The van der Waals surface area contributed by atoms with Gasteiger partial charge < -0.3 is 9.47 Å². The van der Waals surface area contributed by atoms with Gasteiger partial charge in [-0.05, 0) is 37.3 Å². The zero-order valence-corrected chi connectivity index (χ0v) is 17.5. The zero-order chi connectivity index (χ0) is 20.8. The summed E-state index contributed by atoms with van der Waals surface area (Å²) in [5, 5.41) is 1.68. The number of benzene rings is 2. The molecule has 0 radical (unpaired) electrons. The lowest BCUT2D eigenvalue weighted by Crippen LogP contribution is -2.33. The molecule has 4 rings (SSSR count). The Morgan fingerprint density at radius 1 is 1.10 bits per heavy atom. The van der Waals surface area contributed by atoms with Gasteiger partial charge in [0.15, 0.2) is 4.80 Å². The van der Waals surface area contributed by atoms with E-state index >= 15 is 0 Å². The molecule has 3 nitrogen and oxygen atoms in total. The van der Waals surface area contributed by atoms with Crippen LogP contribution in [0.1, 0.15) is 12.5 Å². The Morgan fingerprint density at radius 2 is 1.83 bits per heavy atom. The highest BCUT2D eigenvalue weighted by molar-refractivity contribution is 8.08. The standard InChI is InChI=1S/C21H18F3N3S2/c1-4-27-13(2)18(29-20(27)25-15-8-6-5-7-9-15)19-26(3)16-11-10-14(21(22,23)24)12-17(16)28-19/h5-12H,2,4H2,1,3H3/b19-18+,25-20-. The van der Waals surface area contributed by atoms with Gasteiger partial charge in [0, 0.05) is 18.5 Å². The van der Waals surface area contributed by atoms with Gasteiger partial charge in [0.1, 0.15) is 0 Å². The fourth-order valence-corrected chi connectivity index (χ4v) is 5.70. The molecule has 8 heteroatoms. The molecule has 0 amide bonds. The summed E-state index contributed by atoms with van der Waals surface area (Å²) in [5.41, 5.74) is 0.969. The lowest BCUT2D eigenvalue weighted by molar-refractivity contribution is -0.137. The Kier molecular flexibility index (Phi) is 5.08. The molecule has 1 aliphatic rings. The van der Waals surface area contributed by atoms with Crippen LogP contribution in [0, 0.1) is 0 Å². The van der Waals surface area contributed by atoms with E-state index in [1.807, 2.05) is 53.8 Å². The number of thiazole rings is 1. The first kappa shape index (κ1) is 19.8. The van der Waals surface area contributed by atoms with Crippen LogP contribution in [0.2, 0.25) is 0 Å². The topological polar surface area (TPSA) is 20.5 Å². The number of halogens is 3. The molecule has 2 aromatic carbocycles. The van der Waals surface area contributed by atoms with E-state index in [0.29, 0.717) is 11.4 Å². The van der Waals surface area contributed by atoms with E-state index in [0.717, 1.165) is 37.2 Å². The Morgan fingerprint density at radius 3 is 2.48 bits per heavy atom. The van der Waals surface area contributed by atoms with Crippen molar-refractivity contribution in [3.05, 3.63) is 68.8 Å². The summed E-state index contributed by atoms with van der Waals surface area (Å²) in [4.78, 5) is 8.07. The Bertz CT molecular complexity index is 1240. The van der Waals surface area contributed by atoms with Gasteiger partial charge in [-0.25, -0.2) is 4.99 Å². The summed E-state index contributed by atoms with van der Waals surface area (Å²) < 4.78 is 42.2. The van der Waals surface area contributed by atoms with Crippen molar-refractivity contribution in [2.75, 3.05) is 11.9 Å². The molecular weight excluding hydrogens is 415 g/mol. The van der Waals surface area contributed by atoms with Gasteiger partial charge in [0.05, 0.1) is 31.8 Å². The normalized spacial score (nSPS) is 16.4. The maximum absolute atomic E-state index is 13.1. The van der Waals surface area contributed by atoms with Crippen molar-refractivity contribution in [3.8, 4) is 0 Å². The van der Waals surface area contributed by atoms with Crippen LogP contribution in [-0.4, -0.2) is 11.6 Å². The molecule has 2 heterocycles. The van der Waals surface area contributed by atoms with Gasteiger partial charge >= 0.3 is 6.18 Å². The molecule has 0 spiro atoms. The van der Waals surface area contributed by atoms with Crippen molar-refractivity contribution >= 4 is 46.1 Å². The summed E-state index contributed by atoms with van der Waals surface area (Å²) in [7, 11) is 1.87. The molecule has 1 aromatic heterocycles. The van der Waals surface area contributed by atoms with E-state index in [1.165, 1.54) is 35.2 Å². The summed E-state index contributed by atoms with van der Waals surface area (Å²) in [6, 6.07) is 13.5. The predicted octanol–water partition coefficient (Wildman–Crippen LogP) is 4.54. The highest BCUT2D eigenvalue weighted by atomic mass is 32.2. The van der Waals surface area contributed by atoms with Crippen LogP contribution in [0.15, 0.2) is 58.4 Å². The SMILES string of the molecule is C=c1/c(=C2\Sc3cc(C(F)(F)F)ccc3N2C)s/c(=N\c2ccccc2)n1CC. The molecule has 3 aromatic rings. The molecule has 0 fully saturated rings. The smallest absolute Gasteiger partial charge is 0.337 e. The number of alkyl halides is 3. The second-order valence-electron chi connectivity index (χ2n) is 6.50. The number of thioether (sulfide) groups is 1. The lowest BCUT2D eigenvalue weighted by Gasteiger charge is -2.13. The number of para-hydroxylation sites is 1. The Hall–Kier alpha value is -2.45. The lowest BCUT2D eigenvalue weighted by atomic mass is 10.2. The van der Waals surface area contributed by atoms with Crippen LogP contribution in [0.3, 0.4) is 0 Å². The minimum absolute atomic E-state index is 0.592. The van der Waals surface area contributed by atoms with E-state index in [9.17, 15) is 13.2 Å². The van der Waals surface area contributed by atoms with E-state index < -0.39 is 11.7 Å². The van der Waals surface area contributed by atoms with Crippen molar-refractivity contribution < 1.29 is 13.2 Å². The molecule has 0 saturated heterocycles. The molecule has 0 unspecified atom stereocenters. The molecule has 1 aliphatic heterocycles. The van der Waals surface area contributed by atoms with Crippen molar-refractivity contribution in [2.45, 2.75) is 24.5 Å². The van der Waals surface area contributed by atoms with E-state index in [1.54, 1.807) is 0 Å². The van der Waals surface area contributed by atoms with Crippen LogP contribution in [0.4, 0.5) is 24.5 Å². The van der Waals surface area contributed by atoms with E-state index in [-0.39, 0.29) is 0 Å². The molecule has 0 aliphatic carbocycles.